The van der Waals surface area contributed by atoms with E-state index in [1.807, 2.05) is 0 Å². The van der Waals surface area contributed by atoms with Crippen LogP contribution in [0, 0.1) is 5.82 Å². The molecule has 15 heavy (non-hydrogen) atoms. The minimum absolute atomic E-state index is 0.0645. The lowest BCUT2D eigenvalue weighted by Gasteiger charge is -2.20. The number of hydrogen-bond acceptors (Lipinski definition) is 1. The van der Waals surface area contributed by atoms with Gasteiger partial charge < -0.3 is 5.32 Å². The molecule has 0 spiro atoms. The molecule has 84 valence electrons. The number of rotatable bonds is 3. The average Bonchev–Trinajstić information content (AvgIpc) is 2.09. The Morgan fingerprint density at radius 1 is 1.33 bits per heavy atom. The monoisotopic (exact) mass is 229 g/mol. The van der Waals surface area contributed by atoms with Gasteiger partial charge in [0.1, 0.15) is 5.82 Å². The molecule has 0 bridgehead atoms. The molecule has 0 aliphatic rings. The van der Waals surface area contributed by atoms with Crippen molar-refractivity contribution in [3.63, 3.8) is 0 Å². The van der Waals surface area contributed by atoms with E-state index in [1.54, 1.807) is 12.1 Å². The van der Waals surface area contributed by atoms with Gasteiger partial charge in [-0.15, -0.1) is 0 Å². The van der Waals surface area contributed by atoms with Gasteiger partial charge in [-0.2, -0.15) is 0 Å². The van der Waals surface area contributed by atoms with E-state index in [9.17, 15) is 4.39 Å². The van der Waals surface area contributed by atoms with Crippen LogP contribution < -0.4 is 5.32 Å². The first-order chi connectivity index (χ1) is 6.88. The van der Waals surface area contributed by atoms with Crippen LogP contribution in [0.4, 0.5) is 4.39 Å². The maximum Gasteiger partial charge on any atom is 0.126 e. The lowest BCUT2D eigenvalue weighted by Crippen LogP contribution is -2.37. The first kappa shape index (κ1) is 12.5. The first-order valence-corrected chi connectivity index (χ1v) is 5.45. The van der Waals surface area contributed by atoms with Crippen LogP contribution in [0.5, 0.6) is 0 Å². The van der Waals surface area contributed by atoms with Gasteiger partial charge in [-0.05, 0) is 57.5 Å². The lowest BCUT2D eigenvalue weighted by atomic mass is 10.1. The SMILES string of the molecule is CC(C)(C)NCCc1cc(Cl)ccc1F. The summed E-state index contributed by atoms with van der Waals surface area (Å²) in [6.07, 6.45) is 0.656. The van der Waals surface area contributed by atoms with E-state index in [-0.39, 0.29) is 11.4 Å². The molecule has 1 aromatic rings. The van der Waals surface area contributed by atoms with Crippen molar-refractivity contribution < 1.29 is 4.39 Å². The highest BCUT2D eigenvalue weighted by Gasteiger charge is 2.09. The fraction of sp³-hybridized carbons (Fsp3) is 0.500. The Morgan fingerprint density at radius 3 is 2.60 bits per heavy atom. The van der Waals surface area contributed by atoms with E-state index in [1.165, 1.54) is 6.07 Å². The van der Waals surface area contributed by atoms with E-state index >= 15 is 0 Å². The van der Waals surface area contributed by atoms with Crippen molar-refractivity contribution in [1.82, 2.24) is 5.32 Å². The quantitative estimate of drug-likeness (QED) is 0.838. The second kappa shape index (κ2) is 4.95. The van der Waals surface area contributed by atoms with Gasteiger partial charge in [0.2, 0.25) is 0 Å². The highest BCUT2D eigenvalue weighted by Crippen LogP contribution is 2.15. The maximum atomic E-state index is 13.3. The third kappa shape index (κ3) is 4.63. The Kier molecular flexibility index (Phi) is 4.12. The second-order valence-electron chi connectivity index (χ2n) is 4.66. The molecule has 0 unspecified atom stereocenters. The summed E-state index contributed by atoms with van der Waals surface area (Å²) in [5, 5.41) is 3.89. The molecule has 0 radical (unpaired) electrons. The van der Waals surface area contributed by atoms with Crippen molar-refractivity contribution >= 4 is 11.6 Å². The zero-order chi connectivity index (χ0) is 11.5. The minimum Gasteiger partial charge on any atom is -0.312 e. The Labute approximate surface area is 95.6 Å². The van der Waals surface area contributed by atoms with Crippen LogP contribution in [0.3, 0.4) is 0 Å². The molecule has 0 atom stereocenters. The summed E-state index contributed by atoms with van der Waals surface area (Å²) < 4.78 is 13.3. The Bertz CT molecular complexity index is 331. The number of hydrogen-bond donors (Lipinski definition) is 1. The van der Waals surface area contributed by atoms with Gasteiger partial charge in [-0.1, -0.05) is 11.6 Å². The van der Waals surface area contributed by atoms with Crippen molar-refractivity contribution in [2.24, 2.45) is 0 Å². The normalized spacial score (nSPS) is 11.8. The van der Waals surface area contributed by atoms with Gasteiger partial charge in [0, 0.05) is 10.6 Å². The van der Waals surface area contributed by atoms with Crippen LogP contribution in [0.25, 0.3) is 0 Å². The predicted octanol–water partition coefficient (Wildman–Crippen LogP) is 3.41. The standard InChI is InChI=1S/C12H17ClFN/c1-12(2,3)15-7-6-9-8-10(13)4-5-11(9)14/h4-5,8,15H,6-7H2,1-3H3. The summed E-state index contributed by atoms with van der Waals surface area (Å²) in [5.41, 5.74) is 0.731. The topological polar surface area (TPSA) is 12.0 Å². The average molecular weight is 230 g/mol. The van der Waals surface area contributed by atoms with E-state index in [4.69, 9.17) is 11.6 Å². The number of nitrogens with one attached hydrogen (secondary N) is 1. The molecule has 1 aromatic carbocycles. The Balaban J connectivity index is 2.54. The zero-order valence-corrected chi connectivity index (χ0v) is 10.2. The molecule has 1 rings (SSSR count). The summed E-state index contributed by atoms with van der Waals surface area (Å²) >= 11 is 5.80. The van der Waals surface area contributed by atoms with Crippen molar-refractivity contribution in [3.8, 4) is 0 Å². The van der Waals surface area contributed by atoms with Crippen LogP contribution in [0.1, 0.15) is 26.3 Å². The zero-order valence-electron chi connectivity index (χ0n) is 9.40. The van der Waals surface area contributed by atoms with E-state index < -0.39 is 0 Å². The number of benzene rings is 1. The van der Waals surface area contributed by atoms with Gasteiger partial charge >= 0.3 is 0 Å². The fourth-order valence-corrected chi connectivity index (χ4v) is 1.50. The van der Waals surface area contributed by atoms with Crippen LogP contribution in [-0.2, 0) is 6.42 Å². The summed E-state index contributed by atoms with van der Waals surface area (Å²) in [7, 11) is 0. The lowest BCUT2D eigenvalue weighted by molar-refractivity contribution is 0.427. The molecule has 0 heterocycles. The molecular weight excluding hydrogens is 213 g/mol. The summed E-state index contributed by atoms with van der Waals surface area (Å²) in [6, 6.07) is 4.66. The molecular formula is C12H17ClFN. The molecule has 0 fully saturated rings. The second-order valence-corrected chi connectivity index (χ2v) is 5.10. The van der Waals surface area contributed by atoms with Crippen LogP contribution in [-0.4, -0.2) is 12.1 Å². The van der Waals surface area contributed by atoms with E-state index in [0.29, 0.717) is 17.0 Å². The molecule has 0 aliphatic carbocycles. The summed E-state index contributed by atoms with van der Waals surface area (Å²) in [5.74, 6) is -0.185. The smallest absolute Gasteiger partial charge is 0.126 e. The van der Waals surface area contributed by atoms with Crippen molar-refractivity contribution in [2.75, 3.05) is 6.54 Å². The highest BCUT2D eigenvalue weighted by molar-refractivity contribution is 6.30. The maximum absolute atomic E-state index is 13.3. The molecule has 3 heteroatoms. The van der Waals surface area contributed by atoms with E-state index in [0.717, 1.165) is 6.54 Å². The number of halogens is 2. The first-order valence-electron chi connectivity index (χ1n) is 5.07. The molecule has 1 nitrogen and oxygen atoms in total. The molecule has 0 aliphatic heterocycles. The van der Waals surface area contributed by atoms with Gasteiger partial charge in [-0.3, -0.25) is 0 Å². The summed E-state index contributed by atoms with van der Waals surface area (Å²) in [6.45, 7) is 7.00. The van der Waals surface area contributed by atoms with Gasteiger partial charge in [0.15, 0.2) is 0 Å². The largest absolute Gasteiger partial charge is 0.312 e. The van der Waals surface area contributed by atoms with Gasteiger partial charge in [-0.25, -0.2) is 4.39 Å². The van der Waals surface area contributed by atoms with Gasteiger partial charge in [0.25, 0.3) is 0 Å². The van der Waals surface area contributed by atoms with Gasteiger partial charge in [0.05, 0.1) is 0 Å². The summed E-state index contributed by atoms with van der Waals surface area (Å²) in [4.78, 5) is 0. The van der Waals surface area contributed by atoms with Crippen molar-refractivity contribution in [3.05, 3.63) is 34.6 Å². The third-order valence-electron chi connectivity index (χ3n) is 2.06. The predicted molar refractivity (Wildman–Crippen MR) is 62.9 cm³/mol. The Morgan fingerprint density at radius 2 is 2.00 bits per heavy atom. The molecule has 0 saturated carbocycles. The van der Waals surface area contributed by atoms with E-state index in [2.05, 4.69) is 26.1 Å². The van der Waals surface area contributed by atoms with Crippen LogP contribution in [0.2, 0.25) is 5.02 Å². The minimum atomic E-state index is -0.185. The molecule has 1 N–H and O–H groups in total. The van der Waals surface area contributed by atoms with Crippen molar-refractivity contribution in [2.45, 2.75) is 32.7 Å². The van der Waals surface area contributed by atoms with Crippen LogP contribution >= 0.6 is 11.6 Å². The van der Waals surface area contributed by atoms with Crippen LogP contribution in [0.15, 0.2) is 18.2 Å². The fourth-order valence-electron chi connectivity index (χ4n) is 1.31. The highest BCUT2D eigenvalue weighted by atomic mass is 35.5. The molecule has 0 saturated heterocycles. The third-order valence-corrected chi connectivity index (χ3v) is 2.29. The Hall–Kier alpha value is -0.600. The molecule has 0 aromatic heterocycles. The molecule has 0 amide bonds. The van der Waals surface area contributed by atoms with Crippen molar-refractivity contribution in [1.29, 1.82) is 0 Å².